The average molecular weight is 489 g/mol. The molecule has 186 valence electrons. The molecule has 0 unspecified atom stereocenters. The number of para-hydroxylation sites is 1. The normalized spacial score (nSPS) is 13.2. The Hall–Kier alpha value is -2.91. The molecule has 0 aliphatic carbocycles. The summed E-state index contributed by atoms with van der Waals surface area (Å²) in [7, 11) is -1.11. The minimum atomic E-state index is -3.95. The van der Waals surface area contributed by atoms with Crippen LogP contribution in [0.15, 0.2) is 60.7 Å². The quantitative estimate of drug-likeness (QED) is 0.497. The molecule has 9 heteroatoms. The van der Waals surface area contributed by atoms with Crippen molar-refractivity contribution in [3.63, 3.8) is 0 Å². The van der Waals surface area contributed by atoms with Crippen LogP contribution in [0.2, 0.25) is 0 Å². The smallest absolute Gasteiger partial charge is 0.304 e. The standard InChI is InChI=1S/C25H36N4O4S/c1-6-20(3)26-25(31)23(7-2)28(18-21-14-10-8-11-15-21)24(30)19-29(34(32,33)27(4)5)22-16-12-9-13-17-22/h8-17,20,23H,6-7,18-19H2,1-5H3,(H,26,31)/t20-,23+/m0/s1. The van der Waals surface area contributed by atoms with Gasteiger partial charge in [-0.1, -0.05) is 62.4 Å². The van der Waals surface area contributed by atoms with Gasteiger partial charge >= 0.3 is 10.2 Å². The SMILES string of the molecule is CC[C@H](C(=O)N[C@@H](C)CC)N(Cc1ccccc1)C(=O)CN(c1ccccc1)S(=O)(=O)N(C)C. The summed E-state index contributed by atoms with van der Waals surface area (Å²) in [6.45, 7) is 5.50. The van der Waals surface area contributed by atoms with E-state index in [0.717, 1.165) is 20.6 Å². The number of hydrogen-bond donors (Lipinski definition) is 1. The number of benzene rings is 2. The Morgan fingerprint density at radius 2 is 1.47 bits per heavy atom. The molecule has 0 heterocycles. The van der Waals surface area contributed by atoms with Gasteiger partial charge in [0.05, 0.1) is 5.69 Å². The lowest BCUT2D eigenvalue weighted by Gasteiger charge is -2.34. The monoisotopic (exact) mass is 488 g/mol. The van der Waals surface area contributed by atoms with E-state index in [0.29, 0.717) is 12.1 Å². The first-order chi connectivity index (χ1) is 16.1. The highest BCUT2D eigenvalue weighted by Gasteiger charge is 2.33. The maximum absolute atomic E-state index is 13.7. The molecule has 0 saturated carbocycles. The molecule has 0 aromatic heterocycles. The van der Waals surface area contributed by atoms with Crippen LogP contribution >= 0.6 is 0 Å². The molecule has 0 spiro atoms. The van der Waals surface area contributed by atoms with Crippen LogP contribution < -0.4 is 9.62 Å². The third-order valence-corrected chi connectivity index (χ3v) is 7.47. The van der Waals surface area contributed by atoms with Crippen LogP contribution in [-0.4, -0.2) is 62.2 Å². The van der Waals surface area contributed by atoms with Gasteiger partial charge in [0.1, 0.15) is 12.6 Å². The third-order valence-electron chi connectivity index (χ3n) is 5.65. The molecule has 0 radical (unpaired) electrons. The minimum Gasteiger partial charge on any atom is -0.352 e. The molecule has 34 heavy (non-hydrogen) atoms. The van der Waals surface area contributed by atoms with Gasteiger partial charge in [-0.25, -0.2) is 4.31 Å². The Labute approximate surface area is 203 Å². The lowest BCUT2D eigenvalue weighted by molar-refractivity contribution is -0.140. The van der Waals surface area contributed by atoms with Crippen molar-refractivity contribution < 1.29 is 18.0 Å². The second kappa shape index (κ2) is 12.5. The zero-order valence-corrected chi connectivity index (χ0v) is 21.5. The van der Waals surface area contributed by atoms with E-state index in [9.17, 15) is 18.0 Å². The fraction of sp³-hybridized carbons (Fsp3) is 0.440. The van der Waals surface area contributed by atoms with Gasteiger partial charge in [-0.2, -0.15) is 12.7 Å². The van der Waals surface area contributed by atoms with Gasteiger partial charge in [0, 0.05) is 26.7 Å². The molecule has 2 atom stereocenters. The number of nitrogens with one attached hydrogen (secondary N) is 1. The number of anilines is 1. The second-order valence-electron chi connectivity index (χ2n) is 8.38. The van der Waals surface area contributed by atoms with E-state index in [4.69, 9.17) is 0 Å². The van der Waals surface area contributed by atoms with E-state index in [-0.39, 0.29) is 18.5 Å². The van der Waals surface area contributed by atoms with E-state index in [1.807, 2.05) is 51.1 Å². The van der Waals surface area contributed by atoms with Gasteiger partial charge in [0.15, 0.2) is 0 Å². The Morgan fingerprint density at radius 1 is 0.912 bits per heavy atom. The van der Waals surface area contributed by atoms with Crippen molar-refractivity contribution in [1.29, 1.82) is 0 Å². The van der Waals surface area contributed by atoms with Crippen LogP contribution in [0.3, 0.4) is 0 Å². The van der Waals surface area contributed by atoms with Crippen molar-refractivity contribution in [3.05, 3.63) is 66.2 Å². The summed E-state index contributed by atoms with van der Waals surface area (Å²) in [6, 6.07) is 17.1. The van der Waals surface area contributed by atoms with Crippen LogP contribution in [0.4, 0.5) is 5.69 Å². The van der Waals surface area contributed by atoms with Gasteiger partial charge in [0.25, 0.3) is 0 Å². The highest BCUT2D eigenvalue weighted by atomic mass is 32.2. The lowest BCUT2D eigenvalue weighted by atomic mass is 10.1. The van der Waals surface area contributed by atoms with Gasteiger partial charge in [-0.05, 0) is 37.5 Å². The molecule has 0 fully saturated rings. The van der Waals surface area contributed by atoms with E-state index >= 15 is 0 Å². The number of rotatable bonds is 12. The highest BCUT2D eigenvalue weighted by Crippen LogP contribution is 2.21. The summed E-state index contributed by atoms with van der Waals surface area (Å²) in [5.74, 6) is -0.702. The molecule has 2 aromatic rings. The molecule has 2 aromatic carbocycles. The van der Waals surface area contributed by atoms with Crippen LogP contribution in [0.1, 0.15) is 39.2 Å². The van der Waals surface area contributed by atoms with Gasteiger partial charge < -0.3 is 10.2 Å². The molecule has 2 rings (SSSR count). The fourth-order valence-corrected chi connectivity index (χ4v) is 4.51. The summed E-state index contributed by atoms with van der Waals surface area (Å²) in [4.78, 5) is 28.3. The number of hydrogen-bond acceptors (Lipinski definition) is 4. The fourth-order valence-electron chi connectivity index (χ4n) is 3.45. The summed E-state index contributed by atoms with van der Waals surface area (Å²) in [5.41, 5.74) is 1.23. The van der Waals surface area contributed by atoms with E-state index in [1.54, 1.807) is 30.3 Å². The first-order valence-electron chi connectivity index (χ1n) is 11.5. The van der Waals surface area contributed by atoms with Gasteiger partial charge in [-0.15, -0.1) is 0 Å². The number of carbonyl (C=O) groups excluding carboxylic acids is 2. The molecular formula is C25H36N4O4S. The van der Waals surface area contributed by atoms with E-state index in [2.05, 4.69) is 5.32 Å². The van der Waals surface area contributed by atoms with Crippen LogP contribution in [0, 0.1) is 0 Å². The summed E-state index contributed by atoms with van der Waals surface area (Å²) < 4.78 is 28.4. The molecule has 8 nitrogen and oxygen atoms in total. The molecule has 0 saturated heterocycles. The van der Waals surface area contributed by atoms with Crippen molar-refractivity contribution >= 4 is 27.7 Å². The predicted molar refractivity (Wildman–Crippen MR) is 135 cm³/mol. The topological polar surface area (TPSA) is 90.0 Å². The van der Waals surface area contributed by atoms with Crippen molar-refractivity contribution in [2.75, 3.05) is 24.9 Å². The third kappa shape index (κ3) is 7.04. The first-order valence-corrected chi connectivity index (χ1v) is 12.9. The maximum Gasteiger partial charge on any atom is 0.304 e. The molecule has 0 aliphatic rings. The lowest BCUT2D eigenvalue weighted by Crippen LogP contribution is -2.54. The average Bonchev–Trinajstić information content (AvgIpc) is 2.83. The summed E-state index contributed by atoms with van der Waals surface area (Å²) >= 11 is 0. The molecule has 2 amide bonds. The maximum atomic E-state index is 13.7. The van der Waals surface area contributed by atoms with Gasteiger partial charge in [-0.3, -0.25) is 9.59 Å². The van der Waals surface area contributed by atoms with Gasteiger partial charge in [0.2, 0.25) is 11.8 Å². The molecular weight excluding hydrogens is 452 g/mol. The number of amides is 2. The van der Waals surface area contributed by atoms with E-state index < -0.39 is 28.7 Å². The zero-order chi connectivity index (χ0) is 25.3. The predicted octanol–water partition coefficient (Wildman–Crippen LogP) is 3.02. The molecule has 1 N–H and O–H groups in total. The number of carbonyl (C=O) groups is 2. The zero-order valence-electron chi connectivity index (χ0n) is 20.6. The van der Waals surface area contributed by atoms with Crippen molar-refractivity contribution in [2.45, 2.75) is 52.2 Å². The Kier molecular flexibility index (Phi) is 10.1. The summed E-state index contributed by atoms with van der Waals surface area (Å²) in [6.07, 6.45) is 1.16. The van der Waals surface area contributed by atoms with Crippen LogP contribution in [-0.2, 0) is 26.3 Å². The second-order valence-corrected chi connectivity index (χ2v) is 10.4. The van der Waals surface area contributed by atoms with E-state index in [1.165, 1.54) is 19.0 Å². The summed E-state index contributed by atoms with van der Waals surface area (Å²) in [5, 5.41) is 2.96. The first kappa shape index (κ1) is 27.3. The van der Waals surface area contributed by atoms with Crippen molar-refractivity contribution in [1.82, 2.24) is 14.5 Å². The van der Waals surface area contributed by atoms with Crippen LogP contribution in [0.25, 0.3) is 0 Å². The Bertz CT molecular complexity index is 1030. The van der Waals surface area contributed by atoms with Crippen molar-refractivity contribution in [3.8, 4) is 0 Å². The minimum absolute atomic E-state index is 0.0369. The van der Waals surface area contributed by atoms with Crippen molar-refractivity contribution in [2.24, 2.45) is 0 Å². The van der Waals surface area contributed by atoms with Crippen LogP contribution in [0.5, 0.6) is 0 Å². The largest absolute Gasteiger partial charge is 0.352 e. The Balaban J connectivity index is 2.44. The molecule has 0 bridgehead atoms. The highest BCUT2D eigenvalue weighted by molar-refractivity contribution is 7.90. The number of nitrogens with zero attached hydrogens (tertiary/aromatic N) is 3. The molecule has 0 aliphatic heterocycles. The Morgan fingerprint density at radius 3 is 1.97 bits per heavy atom.